The number of oxazole rings is 1. The molecule has 0 radical (unpaired) electrons. The number of fused-ring (bicyclic) bond motifs is 2. The van der Waals surface area contributed by atoms with Crippen molar-refractivity contribution in [2.24, 2.45) is 0 Å². The van der Waals surface area contributed by atoms with Crippen LogP contribution in [0.1, 0.15) is 25.0 Å². The molecule has 1 N–H and O–H groups in total. The van der Waals surface area contributed by atoms with Gasteiger partial charge >= 0.3 is 0 Å². The molecular weight excluding hydrogens is 281 g/mol. The minimum atomic E-state index is -0.271. The second kappa shape index (κ2) is 5.82. The van der Waals surface area contributed by atoms with Crippen LogP contribution in [0, 0.1) is 5.82 Å². The van der Waals surface area contributed by atoms with Crippen molar-refractivity contribution in [1.82, 2.24) is 15.2 Å². The van der Waals surface area contributed by atoms with Crippen LogP contribution in [0.4, 0.5) is 4.39 Å². The molecule has 0 spiro atoms. The van der Waals surface area contributed by atoms with Crippen molar-refractivity contribution in [1.29, 1.82) is 0 Å². The summed E-state index contributed by atoms with van der Waals surface area (Å²) >= 11 is 0. The van der Waals surface area contributed by atoms with Crippen LogP contribution in [-0.4, -0.2) is 35.1 Å². The predicted molar refractivity (Wildman–Crippen MR) is 81.7 cm³/mol. The Hall–Kier alpha value is -1.72. The topological polar surface area (TPSA) is 41.3 Å². The van der Waals surface area contributed by atoms with Gasteiger partial charge in [-0.25, -0.2) is 9.37 Å². The molecular formula is C17H20FN3O. The molecule has 4 rings (SSSR count). The van der Waals surface area contributed by atoms with E-state index in [-0.39, 0.29) is 5.82 Å². The van der Waals surface area contributed by atoms with Crippen LogP contribution < -0.4 is 5.32 Å². The van der Waals surface area contributed by atoms with Crippen molar-refractivity contribution in [3.05, 3.63) is 42.0 Å². The maximum atomic E-state index is 13.3. The lowest BCUT2D eigenvalue weighted by Gasteiger charge is -2.22. The van der Waals surface area contributed by atoms with Crippen molar-refractivity contribution in [2.75, 3.05) is 13.1 Å². The molecule has 1 aromatic heterocycles. The smallest absolute Gasteiger partial charge is 0.226 e. The van der Waals surface area contributed by atoms with Gasteiger partial charge in [-0.05, 0) is 37.5 Å². The number of rotatable bonds is 3. The predicted octanol–water partition coefficient (Wildman–Crippen LogP) is 2.81. The van der Waals surface area contributed by atoms with Crippen LogP contribution in [-0.2, 0) is 6.54 Å². The molecule has 116 valence electrons. The first-order valence-corrected chi connectivity index (χ1v) is 7.95. The monoisotopic (exact) mass is 301 g/mol. The number of benzene rings is 1. The van der Waals surface area contributed by atoms with Crippen molar-refractivity contribution in [3.63, 3.8) is 0 Å². The number of aromatic nitrogens is 1. The molecule has 2 bridgehead atoms. The van der Waals surface area contributed by atoms with Gasteiger partial charge in [-0.1, -0.05) is 6.07 Å². The van der Waals surface area contributed by atoms with Gasteiger partial charge in [-0.15, -0.1) is 0 Å². The van der Waals surface area contributed by atoms with Crippen LogP contribution in [0.15, 0.2) is 34.9 Å². The summed E-state index contributed by atoms with van der Waals surface area (Å²) in [7, 11) is 0. The highest BCUT2D eigenvalue weighted by atomic mass is 19.1. The van der Waals surface area contributed by atoms with E-state index in [0.717, 1.165) is 25.3 Å². The Kier molecular flexibility index (Phi) is 3.68. The number of nitrogens with one attached hydrogen (secondary N) is 1. The van der Waals surface area contributed by atoms with Gasteiger partial charge in [-0.2, -0.15) is 0 Å². The third-order valence-corrected chi connectivity index (χ3v) is 4.62. The molecule has 2 fully saturated rings. The van der Waals surface area contributed by atoms with E-state index in [1.807, 2.05) is 6.07 Å². The standard InChI is InChI=1S/C17H20FN3O/c18-13-3-1-2-12(8-13)17-20-16(11-22-17)10-21-7-6-14-4-5-15(9-21)19-14/h1-3,8,11,14-15,19H,4-7,9-10H2. The average Bonchev–Trinajstić information content (AvgIpc) is 3.08. The van der Waals surface area contributed by atoms with Gasteiger partial charge in [0.25, 0.3) is 0 Å². The molecule has 4 nitrogen and oxygen atoms in total. The van der Waals surface area contributed by atoms with Gasteiger partial charge < -0.3 is 9.73 Å². The average molecular weight is 301 g/mol. The Bertz CT molecular complexity index is 657. The molecule has 22 heavy (non-hydrogen) atoms. The summed E-state index contributed by atoms with van der Waals surface area (Å²) in [5, 5.41) is 3.68. The first-order chi connectivity index (χ1) is 10.8. The highest BCUT2D eigenvalue weighted by molar-refractivity contribution is 5.52. The molecule has 2 aromatic rings. The molecule has 2 atom stereocenters. The lowest BCUT2D eigenvalue weighted by Crippen LogP contribution is -2.35. The van der Waals surface area contributed by atoms with E-state index in [1.54, 1.807) is 12.3 Å². The van der Waals surface area contributed by atoms with E-state index in [4.69, 9.17) is 4.42 Å². The third kappa shape index (κ3) is 2.91. The van der Waals surface area contributed by atoms with Crippen molar-refractivity contribution in [2.45, 2.75) is 37.9 Å². The molecule has 2 saturated heterocycles. The molecule has 0 saturated carbocycles. The van der Waals surface area contributed by atoms with Gasteiger partial charge in [0.1, 0.15) is 12.1 Å². The molecule has 2 unspecified atom stereocenters. The van der Waals surface area contributed by atoms with Crippen LogP contribution in [0.3, 0.4) is 0 Å². The minimum Gasteiger partial charge on any atom is -0.444 e. The zero-order valence-electron chi connectivity index (χ0n) is 12.5. The quantitative estimate of drug-likeness (QED) is 0.946. The summed E-state index contributed by atoms with van der Waals surface area (Å²) in [6, 6.07) is 7.66. The Balaban J connectivity index is 1.45. The highest BCUT2D eigenvalue weighted by Crippen LogP contribution is 2.23. The highest BCUT2D eigenvalue weighted by Gasteiger charge is 2.29. The zero-order valence-corrected chi connectivity index (χ0v) is 12.5. The van der Waals surface area contributed by atoms with E-state index in [9.17, 15) is 4.39 Å². The van der Waals surface area contributed by atoms with Crippen LogP contribution >= 0.6 is 0 Å². The lowest BCUT2D eigenvalue weighted by molar-refractivity contribution is 0.248. The van der Waals surface area contributed by atoms with Gasteiger partial charge in [0.15, 0.2) is 0 Å². The number of hydrogen-bond acceptors (Lipinski definition) is 4. The summed E-state index contributed by atoms with van der Waals surface area (Å²) < 4.78 is 18.8. The maximum absolute atomic E-state index is 13.3. The van der Waals surface area contributed by atoms with Gasteiger partial charge in [0, 0.05) is 37.3 Å². The van der Waals surface area contributed by atoms with E-state index in [2.05, 4.69) is 15.2 Å². The first-order valence-electron chi connectivity index (χ1n) is 7.95. The third-order valence-electron chi connectivity index (χ3n) is 4.62. The molecule has 1 aromatic carbocycles. The lowest BCUT2D eigenvalue weighted by atomic mass is 10.1. The Morgan fingerprint density at radius 3 is 3.09 bits per heavy atom. The second-order valence-corrected chi connectivity index (χ2v) is 6.32. The number of hydrogen-bond donors (Lipinski definition) is 1. The molecule has 3 heterocycles. The van der Waals surface area contributed by atoms with E-state index in [1.165, 1.54) is 31.4 Å². The SMILES string of the molecule is Fc1cccc(-c2nc(CN3CCC4CCC(C3)N4)co2)c1. The first kappa shape index (κ1) is 13.9. The molecule has 0 amide bonds. The number of halogens is 1. The van der Waals surface area contributed by atoms with Gasteiger partial charge in [-0.3, -0.25) is 4.90 Å². The summed E-state index contributed by atoms with van der Waals surface area (Å²) in [6.45, 7) is 2.96. The largest absolute Gasteiger partial charge is 0.444 e. The Morgan fingerprint density at radius 1 is 1.27 bits per heavy atom. The summed E-state index contributed by atoms with van der Waals surface area (Å²) in [5.74, 6) is 0.218. The van der Waals surface area contributed by atoms with Crippen LogP contribution in [0.2, 0.25) is 0 Å². The van der Waals surface area contributed by atoms with E-state index >= 15 is 0 Å². The van der Waals surface area contributed by atoms with Crippen molar-refractivity contribution < 1.29 is 8.81 Å². The number of nitrogens with zero attached hydrogens (tertiary/aromatic N) is 2. The van der Waals surface area contributed by atoms with Gasteiger partial charge in [0.05, 0.1) is 5.69 Å². The van der Waals surface area contributed by atoms with Crippen molar-refractivity contribution in [3.8, 4) is 11.5 Å². The molecule has 2 aliphatic heterocycles. The normalized spacial score (nSPS) is 25.3. The molecule has 0 aliphatic carbocycles. The van der Waals surface area contributed by atoms with Crippen LogP contribution in [0.25, 0.3) is 11.5 Å². The second-order valence-electron chi connectivity index (χ2n) is 6.32. The minimum absolute atomic E-state index is 0.271. The van der Waals surface area contributed by atoms with E-state index < -0.39 is 0 Å². The molecule has 2 aliphatic rings. The number of likely N-dealkylation sites (tertiary alicyclic amines) is 1. The zero-order chi connectivity index (χ0) is 14.9. The summed E-state index contributed by atoms with van der Waals surface area (Å²) in [4.78, 5) is 6.95. The van der Waals surface area contributed by atoms with Crippen molar-refractivity contribution >= 4 is 0 Å². The maximum Gasteiger partial charge on any atom is 0.226 e. The van der Waals surface area contributed by atoms with Gasteiger partial charge in [0.2, 0.25) is 5.89 Å². The Morgan fingerprint density at radius 2 is 2.18 bits per heavy atom. The fraction of sp³-hybridized carbons (Fsp3) is 0.471. The summed E-state index contributed by atoms with van der Waals surface area (Å²) in [6.07, 6.45) is 5.47. The van der Waals surface area contributed by atoms with Crippen LogP contribution in [0.5, 0.6) is 0 Å². The summed E-state index contributed by atoms with van der Waals surface area (Å²) in [5.41, 5.74) is 1.60. The Labute approximate surface area is 129 Å². The fourth-order valence-corrected chi connectivity index (χ4v) is 3.52. The van der Waals surface area contributed by atoms with E-state index in [0.29, 0.717) is 23.5 Å². The molecule has 5 heteroatoms. The fourth-order valence-electron chi connectivity index (χ4n) is 3.52.